The van der Waals surface area contributed by atoms with Crippen LogP contribution in [0.5, 0.6) is 5.75 Å². The molecule has 160 valence electrons. The molecule has 1 heterocycles. The Hall–Kier alpha value is -4.11. The Kier molecular flexibility index (Phi) is 4.80. The van der Waals surface area contributed by atoms with Gasteiger partial charge in [0.2, 0.25) is 0 Å². The molecule has 0 aliphatic carbocycles. The Morgan fingerprint density at radius 2 is 1.33 bits per heavy atom. The molecule has 6 rings (SSSR count). The van der Waals surface area contributed by atoms with E-state index in [-0.39, 0.29) is 6.04 Å². The van der Waals surface area contributed by atoms with E-state index in [1.54, 1.807) is 7.11 Å². The second kappa shape index (κ2) is 8.10. The van der Waals surface area contributed by atoms with Crippen molar-refractivity contribution >= 4 is 32.9 Å². The topological polar surface area (TPSA) is 24.8 Å². The zero-order valence-electron chi connectivity index (χ0n) is 18.5. The van der Waals surface area contributed by atoms with Crippen molar-refractivity contribution < 1.29 is 4.74 Å². The first kappa shape index (κ1) is 19.6. The van der Waals surface area contributed by atoms with Crippen LogP contribution in [0, 0.1) is 0 Å². The van der Waals surface area contributed by atoms with Crippen LogP contribution in [0.2, 0.25) is 0 Å². The molecule has 1 aliphatic heterocycles. The number of benzene rings is 5. The standard InChI is InChI=1S/C30H24N2O/c1-33-25-17-15-21(16-18-25)28-20-29(32(31-28)24-11-3-2-4-12-24)30-26-13-7-5-9-22(26)19-23-10-6-8-14-27(23)30/h2-19,29H,20H2,1H3. The van der Waals surface area contributed by atoms with Crippen molar-refractivity contribution in [1.29, 1.82) is 0 Å². The maximum atomic E-state index is 5.36. The summed E-state index contributed by atoms with van der Waals surface area (Å²) in [6.07, 6.45) is 0.833. The molecule has 0 saturated heterocycles. The molecule has 0 radical (unpaired) electrons. The summed E-state index contributed by atoms with van der Waals surface area (Å²) in [4.78, 5) is 0. The fraction of sp³-hybridized carbons (Fsp3) is 0.100. The van der Waals surface area contributed by atoms with Gasteiger partial charge in [-0.1, -0.05) is 66.7 Å². The van der Waals surface area contributed by atoms with Crippen molar-refractivity contribution in [3.63, 3.8) is 0 Å². The van der Waals surface area contributed by atoms with E-state index in [0.717, 1.165) is 29.1 Å². The van der Waals surface area contributed by atoms with Gasteiger partial charge in [-0.05, 0) is 75.1 Å². The molecule has 0 spiro atoms. The van der Waals surface area contributed by atoms with Crippen LogP contribution in [-0.4, -0.2) is 12.8 Å². The average Bonchev–Trinajstić information content (AvgIpc) is 3.33. The highest BCUT2D eigenvalue weighted by molar-refractivity contribution is 6.07. The van der Waals surface area contributed by atoms with Crippen LogP contribution in [-0.2, 0) is 0 Å². The second-order valence-corrected chi connectivity index (χ2v) is 8.41. The van der Waals surface area contributed by atoms with Gasteiger partial charge in [0.05, 0.1) is 24.6 Å². The van der Waals surface area contributed by atoms with Crippen LogP contribution in [0.15, 0.2) is 114 Å². The van der Waals surface area contributed by atoms with Crippen LogP contribution >= 0.6 is 0 Å². The maximum Gasteiger partial charge on any atom is 0.118 e. The molecule has 0 N–H and O–H groups in total. The average molecular weight is 429 g/mol. The maximum absolute atomic E-state index is 5.36. The van der Waals surface area contributed by atoms with Crippen LogP contribution in [0.1, 0.15) is 23.6 Å². The highest BCUT2D eigenvalue weighted by atomic mass is 16.5. The van der Waals surface area contributed by atoms with Gasteiger partial charge in [0.1, 0.15) is 5.75 Å². The van der Waals surface area contributed by atoms with Gasteiger partial charge in [0.15, 0.2) is 0 Å². The Balaban J connectivity index is 1.56. The zero-order chi connectivity index (χ0) is 22.2. The third-order valence-corrected chi connectivity index (χ3v) is 6.50. The van der Waals surface area contributed by atoms with Gasteiger partial charge in [0, 0.05) is 6.42 Å². The van der Waals surface area contributed by atoms with E-state index in [0.29, 0.717) is 0 Å². The SMILES string of the molecule is COc1ccc(C2=NN(c3ccccc3)C(c3c4ccccc4cc4ccccc34)C2)cc1. The lowest BCUT2D eigenvalue weighted by Crippen LogP contribution is -2.19. The summed E-state index contributed by atoms with van der Waals surface area (Å²) < 4.78 is 5.36. The van der Waals surface area contributed by atoms with E-state index in [2.05, 4.69) is 102 Å². The van der Waals surface area contributed by atoms with Crippen molar-refractivity contribution in [2.45, 2.75) is 12.5 Å². The molecule has 1 atom stereocenters. The van der Waals surface area contributed by atoms with Gasteiger partial charge in [-0.25, -0.2) is 0 Å². The zero-order valence-corrected chi connectivity index (χ0v) is 18.5. The minimum Gasteiger partial charge on any atom is -0.497 e. The van der Waals surface area contributed by atoms with Gasteiger partial charge in [-0.15, -0.1) is 0 Å². The first-order valence-electron chi connectivity index (χ1n) is 11.3. The second-order valence-electron chi connectivity index (χ2n) is 8.41. The molecular weight excluding hydrogens is 404 g/mol. The Labute approximate surface area is 193 Å². The molecule has 0 bridgehead atoms. The number of anilines is 1. The molecular formula is C30H24N2O. The van der Waals surface area contributed by atoms with E-state index in [9.17, 15) is 0 Å². The van der Waals surface area contributed by atoms with Gasteiger partial charge in [-0.2, -0.15) is 5.10 Å². The summed E-state index contributed by atoms with van der Waals surface area (Å²) in [6, 6.07) is 38.5. The van der Waals surface area contributed by atoms with E-state index < -0.39 is 0 Å². The number of nitrogens with zero attached hydrogens (tertiary/aromatic N) is 2. The summed E-state index contributed by atoms with van der Waals surface area (Å²) in [5, 5.41) is 12.5. The van der Waals surface area contributed by atoms with Crippen molar-refractivity contribution in [1.82, 2.24) is 0 Å². The number of hydrazone groups is 1. The van der Waals surface area contributed by atoms with Gasteiger partial charge in [-0.3, -0.25) is 5.01 Å². The van der Waals surface area contributed by atoms with Crippen LogP contribution in [0.4, 0.5) is 5.69 Å². The van der Waals surface area contributed by atoms with Gasteiger partial charge >= 0.3 is 0 Å². The molecule has 33 heavy (non-hydrogen) atoms. The predicted octanol–water partition coefficient (Wildman–Crippen LogP) is 7.36. The Bertz CT molecular complexity index is 1420. The highest BCUT2D eigenvalue weighted by Crippen LogP contribution is 2.42. The summed E-state index contributed by atoms with van der Waals surface area (Å²) in [7, 11) is 1.70. The third kappa shape index (κ3) is 3.42. The van der Waals surface area contributed by atoms with E-state index in [1.165, 1.54) is 27.1 Å². The number of fused-ring (bicyclic) bond motifs is 2. The number of hydrogen-bond acceptors (Lipinski definition) is 3. The highest BCUT2D eigenvalue weighted by Gasteiger charge is 2.32. The van der Waals surface area contributed by atoms with Crippen molar-refractivity contribution in [3.05, 3.63) is 120 Å². The number of ether oxygens (including phenoxy) is 1. The smallest absolute Gasteiger partial charge is 0.118 e. The first-order valence-corrected chi connectivity index (χ1v) is 11.3. The van der Waals surface area contributed by atoms with Crippen LogP contribution in [0.3, 0.4) is 0 Å². The summed E-state index contributed by atoms with van der Waals surface area (Å²) in [5.74, 6) is 0.855. The normalized spacial score (nSPS) is 15.7. The number of methoxy groups -OCH3 is 1. The summed E-state index contributed by atoms with van der Waals surface area (Å²) >= 11 is 0. The quantitative estimate of drug-likeness (QED) is 0.279. The Morgan fingerprint density at radius 3 is 1.97 bits per heavy atom. The van der Waals surface area contributed by atoms with Crippen molar-refractivity contribution in [3.8, 4) is 5.75 Å². The molecule has 5 aromatic rings. The summed E-state index contributed by atoms with van der Waals surface area (Å²) in [5.41, 5.74) is 4.65. The fourth-order valence-electron chi connectivity index (χ4n) is 4.92. The molecule has 3 nitrogen and oxygen atoms in total. The summed E-state index contributed by atoms with van der Waals surface area (Å²) in [6.45, 7) is 0. The fourth-order valence-corrected chi connectivity index (χ4v) is 4.92. The molecule has 0 amide bonds. The van der Waals surface area contributed by atoms with E-state index >= 15 is 0 Å². The molecule has 1 aliphatic rings. The molecule has 0 fully saturated rings. The number of rotatable bonds is 4. The monoisotopic (exact) mass is 428 g/mol. The van der Waals surface area contributed by atoms with E-state index in [1.807, 2.05) is 12.1 Å². The van der Waals surface area contributed by atoms with E-state index in [4.69, 9.17) is 9.84 Å². The minimum absolute atomic E-state index is 0.0977. The van der Waals surface area contributed by atoms with Crippen LogP contribution in [0.25, 0.3) is 21.5 Å². The Morgan fingerprint density at radius 1 is 0.727 bits per heavy atom. The van der Waals surface area contributed by atoms with Crippen molar-refractivity contribution in [2.75, 3.05) is 12.1 Å². The largest absolute Gasteiger partial charge is 0.497 e. The third-order valence-electron chi connectivity index (χ3n) is 6.50. The molecule has 5 aromatic carbocycles. The van der Waals surface area contributed by atoms with Crippen molar-refractivity contribution in [2.24, 2.45) is 5.10 Å². The number of para-hydroxylation sites is 1. The van der Waals surface area contributed by atoms with Gasteiger partial charge in [0.25, 0.3) is 0 Å². The van der Waals surface area contributed by atoms with Gasteiger partial charge < -0.3 is 4.74 Å². The lowest BCUT2D eigenvalue weighted by atomic mass is 9.89. The molecule has 0 aromatic heterocycles. The van der Waals surface area contributed by atoms with Crippen LogP contribution < -0.4 is 9.75 Å². The lowest BCUT2D eigenvalue weighted by molar-refractivity contribution is 0.415. The first-order chi connectivity index (χ1) is 16.3. The number of hydrogen-bond donors (Lipinski definition) is 0. The lowest BCUT2D eigenvalue weighted by Gasteiger charge is -2.26. The minimum atomic E-state index is 0.0977. The predicted molar refractivity (Wildman–Crippen MR) is 137 cm³/mol. The molecule has 0 saturated carbocycles. The molecule has 1 unspecified atom stereocenters. The molecule has 3 heteroatoms.